The molecule has 114 valence electrons. The van der Waals surface area contributed by atoms with Gasteiger partial charge in [-0.15, -0.1) is 0 Å². The Morgan fingerprint density at radius 1 is 1.33 bits per heavy atom. The van der Waals surface area contributed by atoms with Crippen molar-refractivity contribution in [3.63, 3.8) is 0 Å². The van der Waals surface area contributed by atoms with Gasteiger partial charge in [0, 0.05) is 4.92 Å². The van der Waals surface area contributed by atoms with E-state index in [4.69, 9.17) is 14.2 Å². The summed E-state index contributed by atoms with van der Waals surface area (Å²) in [4.78, 5) is 10.9. The summed E-state index contributed by atoms with van der Waals surface area (Å²) in [6.07, 6.45) is -1.02. The molecule has 0 radical (unpaired) electrons. The minimum Gasteiger partial charge on any atom is -0.493 e. The van der Waals surface area contributed by atoms with E-state index < -0.39 is 29.1 Å². The third kappa shape index (κ3) is 2.32. The molecule has 2 fully saturated rings. The first-order valence-electron chi connectivity index (χ1n) is 6.75. The molecule has 0 aromatic heterocycles. The van der Waals surface area contributed by atoms with E-state index in [0.717, 1.165) is 5.56 Å². The monoisotopic (exact) mass is 295 g/mol. The fraction of sp³-hybridized carbons (Fsp3) is 0.571. The Balaban J connectivity index is 1.95. The van der Waals surface area contributed by atoms with Gasteiger partial charge in [-0.25, -0.2) is 0 Å². The van der Waals surface area contributed by atoms with Gasteiger partial charge in [0.05, 0.1) is 26.2 Å². The van der Waals surface area contributed by atoms with Crippen molar-refractivity contribution < 1.29 is 24.2 Å². The third-order valence-corrected chi connectivity index (χ3v) is 4.29. The Morgan fingerprint density at radius 3 is 2.67 bits per heavy atom. The number of aliphatic hydroxyl groups is 1. The number of ether oxygens (including phenoxy) is 3. The molecule has 1 aliphatic heterocycles. The average molecular weight is 295 g/mol. The third-order valence-electron chi connectivity index (χ3n) is 4.29. The number of fused-ring (bicyclic) bond motifs is 1. The number of nitrogens with zero attached hydrogens (tertiary/aromatic N) is 1. The van der Waals surface area contributed by atoms with E-state index in [1.807, 2.05) is 0 Å². The molecule has 1 aromatic carbocycles. The molecular formula is C14H17NO6. The minimum atomic E-state index is -1.07. The molecule has 0 bridgehead atoms. The Morgan fingerprint density at radius 2 is 2.05 bits per heavy atom. The molecule has 1 saturated heterocycles. The first kappa shape index (κ1) is 14.1. The molecule has 1 saturated carbocycles. The van der Waals surface area contributed by atoms with Crippen LogP contribution in [0.2, 0.25) is 0 Å². The van der Waals surface area contributed by atoms with Crippen LogP contribution in [0.4, 0.5) is 0 Å². The van der Waals surface area contributed by atoms with Gasteiger partial charge in [0.15, 0.2) is 17.6 Å². The van der Waals surface area contributed by atoms with Gasteiger partial charge in [0.1, 0.15) is 6.10 Å². The van der Waals surface area contributed by atoms with Crippen LogP contribution in [0.15, 0.2) is 18.2 Å². The number of methoxy groups -OCH3 is 2. The second kappa shape index (κ2) is 5.16. The van der Waals surface area contributed by atoms with E-state index in [2.05, 4.69) is 0 Å². The van der Waals surface area contributed by atoms with Crippen LogP contribution in [0.5, 0.6) is 11.5 Å². The summed E-state index contributed by atoms with van der Waals surface area (Å²) in [6, 6.07) is 4.16. The van der Waals surface area contributed by atoms with Gasteiger partial charge in [-0.3, -0.25) is 10.1 Å². The fourth-order valence-corrected chi connectivity index (χ4v) is 3.16. The molecule has 1 heterocycles. The lowest BCUT2D eigenvalue weighted by Crippen LogP contribution is -2.46. The average Bonchev–Trinajstić information content (AvgIpc) is 3.25. The first-order valence-corrected chi connectivity index (χ1v) is 6.75. The maximum Gasteiger partial charge on any atom is 0.248 e. The van der Waals surface area contributed by atoms with E-state index in [1.54, 1.807) is 18.2 Å². The van der Waals surface area contributed by atoms with Crippen molar-refractivity contribution in [2.75, 3.05) is 14.2 Å². The number of hydrogen-bond acceptors (Lipinski definition) is 6. The predicted molar refractivity (Wildman–Crippen MR) is 72.4 cm³/mol. The molecule has 1 N–H and O–H groups in total. The van der Waals surface area contributed by atoms with Gasteiger partial charge in [0.2, 0.25) is 6.04 Å². The molecule has 5 atom stereocenters. The largest absolute Gasteiger partial charge is 0.493 e. The highest BCUT2D eigenvalue weighted by Crippen LogP contribution is 2.46. The minimum absolute atomic E-state index is 0.0886. The lowest BCUT2D eigenvalue weighted by Gasteiger charge is -2.27. The molecule has 2 aliphatic rings. The van der Waals surface area contributed by atoms with Crippen molar-refractivity contribution in [3.8, 4) is 11.5 Å². The zero-order valence-electron chi connectivity index (χ0n) is 11.8. The van der Waals surface area contributed by atoms with Crippen LogP contribution in [-0.2, 0) is 4.74 Å². The van der Waals surface area contributed by atoms with Gasteiger partial charge >= 0.3 is 0 Å². The van der Waals surface area contributed by atoms with Gasteiger partial charge in [-0.2, -0.15) is 0 Å². The molecule has 5 unspecified atom stereocenters. The predicted octanol–water partition coefficient (Wildman–Crippen LogP) is 0.965. The van der Waals surface area contributed by atoms with Crippen molar-refractivity contribution in [3.05, 3.63) is 33.9 Å². The zero-order valence-corrected chi connectivity index (χ0v) is 11.8. The summed E-state index contributed by atoms with van der Waals surface area (Å²) in [6.45, 7) is 0. The fourth-order valence-electron chi connectivity index (χ4n) is 3.16. The van der Waals surface area contributed by atoms with Crippen LogP contribution < -0.4 is 9.47 Å². The lowest BCUT2D eigenvalue weighted by molar-refractivity contribution is -0.540. The van der Waals surface area contributed by atoms with Crippen molar-refractivity contribution in [2.45, 2.75) is 36.7 Å². The van der Waals surface area contributed by atoms with Crippen molar-refractivity contribution in [2.24, 2.45) is 0 Å². The van der Waals surface area contributed by atoms with Gasteiger partial charge < -0.3 is 19.3 Å². The summed E-state index contributed by atoms with van der Waals surface area (Å²) < 4.78 is 15.7. The normalized spacial score (nSPS) is 34.0. The van der Waals surface area contributed by atoms with Crippen LogP contribution in [0.1, 0.15) is 17.9 Å². The maximum absolute atomic E-state index is 11.3. The standard InChI is InChI=1S/C14H17NO6/c1-19-9-4-3-7(5-10(9)20-2)8-6-11-14(21-11)13(16)12(8)15(17)18/h3-5,8,11-14,16H,6H2,1-2H3. The van der Waals surface area contributed by atoms with Crippen molar-refractivity contribution >= 4 is 0 Å². The quantitative estimate of drug-likeness (QED) is 0.505. The Labute approximate surface area is 121 Å². The van der Waals surface area contributed by atoms with E-state index in [1.165, 1.54) is 14.2 Å². The number of nitro groups is 1. The van der Waals surface area contributed by atoms with Crippen molar-refractivity contribution in [1.29, 1.82) is 0 Å². The number of rotatable bonds is 4. The van der Waals surface area contributed by atoms with Crippen LogP contribution >= 0.6 is 0 Å². The first-order chi connectivity index (χ1) is 10.1. The van der Waals surface area contributed by atoms with E-state index in [0.29, 0.717) is 17.9 Å². The summed E-state index contributed by atoms with van der Waals surface area (Å²) in [5, 5.41) is 21.4. The van der Waals surface area contributed by atoms with E-state index >= 15 is 0 Å². The molecule has 21 heavy (non-hydrogen) atoms. The Bertz CT molecular complexity index is 562. The summed E-state index contributed by atoms with van der Waals surface area (Å²) >= 11 is 0. The highest BCUT2D eigenvalue weighted by Gasteiger charge is 2.60. The van der Waals surface area contributed by atoms with Crippen LogP contribution in [0.3, 0.4) is 0 Å². The Hall–Kier alpha value is -1.86. The highest BCUT2D eigenvalue weighted by atomic mass is 16.6. The van der Waals surface area contributed by atoms with Crippen LogP contribution in [-0.4, -0.2) is 48.6 Å². The second-order valence-corrected chi connectivity index (χ2v) is 5.36. The SMILES string of the molecule is COc1ccc(C2CC3OC3C(O)C2[N+](=O)[O-])cc1OC. The second-order valence-electron chi connectivity index (χ2n) is 5.36. The smallest absolute Gasteiger partial charge is 0.248 e. The molecule has 1 aromatic rings. The van der Waals surface area contributed by atoms with Gasteiger partial charge in [-0.05, 0) is 24.1 Å². The highest BCUT2D eigenvalue weighted by molar-refractivity contribution is 5.44. The molecule has 7 nitrogen and oxygen atoms in total. The molecule has 3 rings (SSSR count). The maximum atomic E-state index is 11.3. The summed E-state index contributed by atoms with van der Waals surface area (Å²) in [5.74, 6) is 0.680. The Kier molecular flexibility index (Phi) is 3.46. The summed E-state index contributed by atoms with van der Waals surface area (Å²) in [7, 11) is 3.05. The molecule has 0 amide bonds. The number of benzene rings is 1. The van der Waals surface area contributed by atoms with E-state index in [-0.39, 0.29) is 6.10 Å². The zero-order chi connectivity index (χ0) is 15.1. The summed E-state index contributed by atoms with van der Waals surface area (Å²) in [5.41, 5.74) is 0.752. The molecule has 0 spiro atoms. The number of hydrogen-bond donors (Lipinski definition) is 1. The van der Waals surface area contributed by atoms with Crippen molar-refractivity contribution in [1.82, 2.24) is 0 Å². The van der Waals surface area contributed by atoms with E-state index in [9.17, 15) is 15.2 Å². The number of epoxide rings is 1. The lowest BCUT2D eigenvalue weighted by atomic mass is 9.78. The van der Waals surface area contributed by atoms with Gasteiger partial charge in [-0.1, -0.05) is 6.07 Å². The molecule has 7 heteroatoms. The molecular weight excluding hydrogens is 278 g/mol. The van der Waals surface area contributed by atoms with Crippen LogP contribution in [0, 0.1) is 10.1 Å². The van der Waals surface area contributed by atoms with Crippen LogP contribution in [0.25, 0.3) is 0 Å². The topological polar surface area (TPSA) is 94.4 Å². The molecule has 1 aliphatic carbocycles. The van der Waals surface area contributed by atoms with Gasteiger partial charge in [0.25, 0.3) is 0 Å². The number of aliphatic hydroxyl groups excluding tert-OH is 1.